The Kier molecular flexibility index (Phi) is 3.39. The molecule has 0 aromatic carbocycles. The Labute approximate surface area is 150 Å². The number of Topliss-reactive ketones (excluding diaryl/α,β-unsaturated/α-hetero) is 1. The lowest BCUT2D eigenvalue weighted by atomic mass is 9.45. The van der Waals surface area contributed by atoms with Crippen molar-refractivity contribution in [3.05, 3.63) is 0 Å². The molecule has 2 spiro atoms. The third-order valence-electron chi connectivity index (χ3n) is 7.77. The molecule has 140 valence electrons. The molecule has 1 heterocycles. The maximum atomic E-state index is 13.3. The lowest BCUT2D eigenvalue weighted by molar-refractivity contribution is -0.393. The van der Waals surface area contributed by atoms with Gasteiger partial charge in [0.25, 0.3) is 0 Å². The van der Waals surface area contributed by atoms with Crippen LogP contribution in [0.15, 0.2) is 0 Å². The number of ether oxygens (including phenoxy) is 1. The summed E-state index contributed by atoms with van der Waals surface area (Å²) in [6, 6.07) is 0. The number of rotatable bonds is 1. The molecule has 6 fully saturated rings. The van der Waals surface area contributed by atoms with Crippen LogP contribution < -0.4 is 0 Å². The van der Waals surface area contributed by atoms with E-state index < -0.39 is 11.6 Å². The molecule has 5 aliphatic carbocycles. The fraction of sp³-hybridized carbons (Fsp3) is 0.952. The van der Waals surface area contributed by atoms with Gasteiger partial charge in [-0.2, -0.15) is 9.78 Å². The highest BCUT2D eigenvalue weighted by Crippen LogP contribution is 2.68. The van der Waals surface area contributed by atoms with Gasteiger partial charge in [-0.05, 0) is 50.9 Å². The Morgan fingerprint density at radius 1 is 0.920 bits per heavy atom. The highest BCUT2D eigenvalue weighted by molar-refractivity contribution is 5.90. The second-order valence-electron chi connectivity index (χ2n) is 10.7. The van der Waals surface area contributed by atoms with Crippen molar-refractivity contribution in [2.24, 2.45) is 28.6 Å². The van der Waals surface area contributed by atoms with Crippen LogP contribution in [0.1, 0.15) is 85.0 Å². The van der Waals surface area contributed by atoms with Gasteiger partial charge in [0, 0.05) is 35.5 Å². The molecular weight excluding hydrogens is 316 g/mol. The summed E-state index contributed by atoms with van der Waals surface area (Å²) < 4.78 is 6.71. The monoisotopic (exact) mass is 348 g/mol. The van der Waals surface area contributed by atoms with Crippen molar-refractivity contribution in [3.8, 4) is 0 Å². The minimum atomic E-state index is -0.573. The third kappa shape index (κ3) is 2.26. The van der Waals surface area contributed by atoms with Crippen LogP contribution in [0, 0.1) is 28.6 Å². The average molecular weight is 348 g/mol. The Hall–Kier alpha value is -0.450. The molecule has 0 aromatic heterocycles. The standard InChI is InChI=1S/C21H32O4/c1-18(2,3)17(22)19-11-14-9-15(12-19)21(16(10-14)13-19)23-20(24-25-21)7-5-4-6-8-20/h14-16H,4-13H2,1-3H3. The lowest BCUT2D eigenvalue weighted by Crippen LogP contribution is -2.64. The van der Waals surface area contributed by atoms with E-state index in [0.29, 0.717) is 23.5 Å². The van der Waals surface area contributed by atoms with Crippen LogP contribution in [0.3, 0.4) is 0 Å². The van der Waals surface area contributed by atoms with Crippen molar-refractivity contribution in [2.45, 2.75) is 96.6 Å². The molecule has 2 unspecified atom stereocenters. The molecule has 0 radical (unpaired) electrons. The van der Waals surface area contributed by atoms with Crippen molar-refractivity contribution >= 4 is 5.78 Å². The van der Waals surface area contributed by atoms with E-state index >= 15 is 0 Å². The van der Waals surface area contributed by atoms with Crippen LogP contribution in [-0.4, -0.2) is 17.4 Å². The van der Waals surface area contributed by atoms with Crippen LogP contribution in [-0.2, 0) is 19.3 Å². The summed E-state index contributed by atoms with van der Waals surface area (Å²) in [5, 5.41) is 0. The van der Waals surface area contributed by atoms with Gasteiger partial charge in [0.1, 0.15) is 5.78 Å². The molecule has 6 aliphatic rings. The Morgan fingerprint density at radius 2 is 1.56 bits per heavy atom. The van der Waals surface area contributed by atoms with E-state index in [1.165, 1.54) is 6.42 Å². The summed E-state index contributed by atoms with van der Waals surface area (Å²) >= 11 is 0. The van der Waals surface area contributed by atoms with E-state index in [1.54, 1.807) is 0 Å². The van der Waals surface area contributed by atoms with Crippen molar-refractivity contribution in [3.63, 3.8) is 0 Å². The molecule has 5 saturated carbocycles. The van der Waals surface area contributed by atoms with Crippen molar-refractivity contribution in [1.29, 1.82) is 0 Å². The predicted molar refractivity (Wildman–Crippen MR) is 92.3 cm³/mol. The van der Waals surface area contributed by atoms with Gasteiger partial charge in [0.2, 0.25) is 11.6 Å². The van der Waals surface area contributed by atoms with E-state index in [1.807, 2.05) is 0 Å². The van der Waals surface area contributed by atoms with Crippen LogP contribution >= 0.6 is 0 Å². The number of carbonyl (C=O) groups is 1. The molecule has 0 N–H and O–H groups in total. The molecule has 1 aliphatic heterocycles. The van der Waals surface area contributed by atoms with Crippen molar-refractivity contribution < 1.29 is 19.3 Å². The van der Waals surface area contributed by atoms with E-state index in [-0.39, 0.29) is 10.8 Å². The van der Waals surface area contributed by atoms with Gasteiger partial charge in [-0.3, -0.25) is 4.79 Å². The minimum Gasteiger partial charge on any atom is -0.312 e. The largest absolute Gasteiger partial charge is 0.312 e. The van der Waals surface area contributed by atoms with Crippen molar-refractivity contribution in [2.75, 3.05) is 0 Å². The molecule has 25 heavy (non-hydrogen) atoms. The molecule has 2 atom stereocenters. The van der Waals surface area contributed by atoms with Crippen LogP contribution in [0.25, 0.3) is 0 Å². The van der Waals surface area contributed by atoms with Crippen LogP contribution in [0.4, 0.5) is 0 Å². The summed E-state index contributed by atoms with van der Waals surface area (Å²) in [5.74, 6) is 0.660. The van der Waals surface area contributed by atoms with Gasteiger partial charge in [-0.25, -0.2) is 0 Å². The van der Waals surface area contributed by atoms with E-state index in [0.717, 1.165) is 57.8 Å². The van der Waals surface area contributed by atoms with E-state index in [2.05, 4.69) is 20.8 Å². The number of ketones is 1. The molecule has 0 aromatic rings. The van der Waals surface area contributed by atoms with Crippen molar-refractivity contribution in [1.82, 2.24) is 0 Å². The average Bonchev–Trinajstić information content (AvgIpc) is 2.91. The zero-order chi connectivity index (χ0) is 17.5. The Morgan fingerprint density at radius 3 is 2.16 bits per heavy atom. The highest BCUT2D eigenvalue weighted by Gasteiger charge is 2.71. The summed E-state index contributed by atoms with van der Waals surface area (Å²) in [6.45, 7) is 6.23. The van der Waals surface area contributed by atoms with Gasteiger partial charge in [0.05, 0.1) is 0 Å². The maximum Gasteiger partial charge on any atom is 0.210 e. The third-order valence-corrected chi connectivity index (χ3v) is 7.77. The first-order valence-electron chi connectivity index (χ1n) is 10.4. The Bertz CT molecular complexity index is 567. The summed E-state index contributed by atoms with van der Waals surface area (Å²) in [7, 11) is 0. The van der Waals surface area contributed by atoms with Crippen LogP contribution in [0.2, 0.25) is 0 Å². The summed E-state index contributed by atoms with van der Waals surface area (Å²) in [6.07, 6.45) is 10.7. The smallest absolute Gasteiger partial charge is 0.210 e. The van der Waals surface area contributed by atoms with Gasteiger partial charge in [-0.1, -0.05) is 27.2 Å². The first kappa shape index (κ1) is 16.7. The molecule has 6 rings (SSSR count). The van der Waals surface area contributed by atoms with E-state index in [4.69, 9.17) is 14.5 Å². The molecule has 4 bridgehead atoms. The zero-order valence-corrected chi connectivity index (χ0v) is 15.9. The highest BCUT2D eigenvalue weighted by atomic mass is 17.3. The molecule has 4 nitrogen and oxygen atoms in total. The molecule has 4 heteroatoms. The fourth-order valence-electron chi connectivity index (χ4n) is 7.04. The van der Waals surface area contributed by atoms with Gasteiger partial charge < -0.3 is 4.74 Å². The minimum absolute atomic E-state index is 0.144. The second-order valence-corrected chi connectivity index (χ2v) is 10.7. The summed E-state index contributed by atoms with van der Waals surface area (Å²) in [4.78, 5) is 25.3. The molecule has 0 amide bonds. The number of hydrogen-bond donors (Lipinski definition) is 0. The molecule has 1 saturated heterocycles. The zero-order valence-electron chi connectivity index (χ0n) is 15.9. The SMILES string of the molecule is CC(C)(C)C(=O)C12CC3CC(C1)C1(OOC4(CCCCC4)O1)C(C3)C2. The first-order valence-corrected chi connectivity index (χ1v) is 10.4. The maximum absolute atomic E-state index is 13.3. The predicted octanol–water partition coefficient (Wildman–Crippen LogP) is 4.76. The van der Waals surface area contributed by atoms with Gasteiger partial charge in [0.15, 0.2) is 0 Å². The fourth-order valence-corrected chi connectivity index (χ4v) is 7.04. The number of carbonyl (C=O) groups excluding carboxylic acids is 1. The quantitative estimate of drug-likeness (QED) is 0.641. The first-order chi connectivity index (χ1) is 11.8. The van der Waals surface area contributed by atoms with Gasteiger partial charge >= 0.3 is 0 Å². The van der Waals surface area contributed by atoms with Crippen LogP contribution in [0.5, 0.6) is 0 Å². The lowest BCUT2D eigenvalue weighted by Gasteiger charge is -2.62. The normalized spacial score (nSPS) is 47.7. The van der Waals surface area contributed by atoms with Gasteiger partial charge in [-0.15, -0.1) is 0 Å². The second kappa shape index (κ2) is 5.08. The number of hydrogen-bond acceptors (Lipinski definition) is 4. The molecular formula is C21H32O4. The topological polar surface area (TPSA) is 44.8 Å². The van der Waals surface area contributed by atoms with E-state index in [9.17, 15) is 4.79 Å². The Balaban J connectivity index is 1.45. The summed E-state index contributed by atoms with van der Waals surface area (Å²) in [5.41, 5.74) is -0.410.